The number of rotatable bonds is 3. The molecule has 112 valence electrons. The van der Waals surface area contributed by atoms with E-state index in [0.717, 1.165) is 36.0 Å². The van der Waals surface area contributed by atoms with E-state index < -0.39 is 0 Å². The van der Waals surface area contributed by atoms with Crippen molar-refractivity contribution < 1.29 is 14.4 Å². The largest absolute Gasteiger partial charge is 0.409 e. The van der Waals surface area contributed by atoms with E-state index in [-0.39, 0.29) is 6.10 Å². The van der Waals surface area contributed by atoms with E-state index in [9.17, 15) is 5.11 Å². The van der Waals surface area contributed by atoms with Gasteiger partial charge in [-0.1, -0.05) is 15.9 Å². The Morgan fingerprint density at radius 2 is 2.19 bits per heavy atom. The van der Waals surface area contributed by atoms with Crippen LogP contribution in [0.4, 0.5) is 0 Å². The summed E-state index contributed by atoms with van der Waals surface area (Å²) in [7, 11) is 0. The van der Waals surface area contributed by atoms with E-state index in [1.165, 1.54) is 4.90 Å². The molecule has 2 aromatic rings. The summed E-state index contributed by atoms with van der Waals surface area (Å²) in [5, 5.41) is 14.2. The molecule has 0 radical (unpaired) electrons. The van der Waals surface area contributed by atoms with Gasteiger partial charge in [-0.15, -0.1) is 5.10 Å². The van der Waals surface area contributed by atoms with Gasteiger partial charge < -0.3 is 14.4 Å². The maximum absolute atomic E-state index is 9.73. The molecule has 3 rings (SSSR count). The van der Waals surface area contributed by atoms with Gasteiger partial charge in [-0.05, 0) is 49.3 Å². The van der Waals surface area contributed by atoms with Crippen LogP contribution >= 0.6 is 28.1 Å². The van der Waals surface area contributed by atoms with Gasteiger partial charge in [-0.2, -0.15) is 4.68 Å². The van der Waals surface area contributed by atoms with Gasteiger partial charge in [0.1, 0.15) is 12.6 Å². The SMILES string of the molecule is O[C@H]1CCC[NH+](Cn2nc(-c3ccc(Br)cc3)oc2=S)C1. The van der Waals surface area contributed by atoms with Crippen molar-refractivity contribution in [3.63, 3.8) is 0 Å². The summed E-state index contributed by atoms with van der Waals surface area (Å²) in [6, 6.07) is 7.76. The van der Waals surface area contributed by atoms with Gasteiger partial charge in [-0.25, -0.2) is 0 Å². The second-order valence-electron chi connectivity index (χ2n) is 5.34. The fraction of sp³-hybridized carbons (Fsp3) is 0.429. The first-order chi connectivity index (χ1) is 10.1. The van der Waals surface area contributed by atoms with Crippen LogP contribution in [0, 0.1) is 4.84 Å². The maximum Gasteiger partial charge on any atom is 0.292 e. The molecule has 0 aliphatic carbocycles. The highest BCUT2D eigenvalue weighted by Gasteiger charge is 2.22. The minimum Gasteiger partial charge on any atom is -0.409 e. The van der Waals surface area contributed by atoms with E-state index in [1.807, 2.05) is 24.3 Å². The van der Waals surface area contributed by atoms with Crippen LogP contribution in [0.2, 0.25) is 0 Å². The number of hydrogen-bond acceptors (Lipinski definition) is 4. The summed E-state index contributed by atoms with van der Waals surface area (Å²) >= 11 is 8.65. The Bertz CT molecular complexity index is 668. The van der Waals surface area contributed by atoms with Crippen LogP contribution in [-0.2, 0) is 6.67 Å². The molecule has 2 heterocycles. The number of piperidine rings is 1. The van der Waals surface area contributed by atoms with Crippen LogP contribution in [0.15, 0.2) is 33.2 Å². The van der Waals surface area contributed by atoms with Crippen molar-refractivity contribution in [2.24, 2.45) is 0 Å². The van der Waals surface area contributed by atoms with Gasteiger partial charge in [0.2, 0.25) is 5.89 Å². The molecular formula is C14H17BrN3O2S+. The van der Waals surface area contributed by atoms with Crippen molar-refractivity contribution in [3.05, 3.63) is 33.6 Å². The van der Waals surface area contributed by atoms with Crippen LogP contribution in [0.3, 0.4) is 0 Å². The number of quaternary nitrogens is 1. The smallest absolute Gasteiger partial charge is 0.292 e. The summed E-state index contributed by atoms with van der Waals surface area (Å²) in [5.74, 6) is 0.532. The standard InChI is InChI=1S/C14H16BrN3O2S/c15-11-5-3-10(4-6-11)13-16-18(14(21)20-13)9-17-7-1-2-12(19)8-17/h3-6,12,19H,1-2,7-9H2/p+1/t12-/m0/s1. The highest BCUT2D eigenvalue weighted by Crippen LogP contribution is 2.20. The second-order valence-corrected chi connectivity index (χ2v) is 6.60. The van der Waals surface area contributed by atoms with Crippen LogP contribution in [0.1, 0.15) is 12.8 Å². The minimum absolute atomic E-state index is 0.222. The molecule has 1 fully saturated rings. The molecule has 1 aromatic heterocycles. The average molecular weight is 371 g/mol. The Morgan fingerprint density at radius 3 is 2.90 bits per heavy atom. The summed E-state index contributed by atoms with van der Waals surface area (Å²) in [5.41, 5.74) is 0.900. The fourth-order valence-electron chi connectivity index (χ4n) is 2.60. The van der Waals surface area contributed by atoms with E-state index in [4.69, 9.17) is 16.6 Å². The first-order valence-electron chi connectivity index (χ1n) is 6.97. The van der Waals surface area contributed by atoms with Crippen molar-refractivity contribution in [1.82, 2.24) is 9.78 Å². The molecular weight excluding hydrogens is 354 g/mol. The maximum atomic E-state index is 9.73. The van der Waals surface area contributed by atoms with Crippen molar-refractivity contribution in [2.45, 2.75) is 25.6 Å². The predicted molar refractivity (Wildman–Crippen MR) is 84.4 cm³/mol. The topological polar surface area (TPSA) is 55.6 Å². The normalized spacial score (nSPS) is 22.4. The Balaban J connectivity index is 1.78. The molecule has 7 heteroatoms. The van der Waals surface area contributed by atoms with Crippen molar-refractivity contribution in [2.75, 3.05) is 13.1 Å². The number of nitrogens with one attached hydrogen (secondary N) is 1. The molecule has 5 nitrogen and oxygen atoms in total. The Kier molecular flexibility index (Phi) is 4.54. The lowest BCUT2D eigenvalue weighted by Gasteiger charge is -2.26. The lowest BCUT2D eigenvalue weighted by atomic mass is 10.1. The number of halogens is 1. The molecule has 1 aromatic carbocycles. The first-order valence-corrected chi connectivity index (χ1v) is 8.17. The lowest BCUT2D eigenvalue weighted by molar-refractivity contribution is -0.931. The Labute approximate surface area is 136 Å². The van der Waals surface area contributed by atoms with E-state index >= 15 is 0 Å². The molecule has 1 saturated heterocycles. The minimum atomic E-state index is -0.222. The number of nitrogens with zero attached hydrogens (tertiary/aromatic N) is 2. The molecule has 1 aliphatic rings. The third-order valence-electron chi connectivity index (χ3n) is 3.66. The Hall–Kier alpha value is -1.02. The summed E-state index contributed by atoms with van der Waals surface area (Å²) in [6.07, 6.45) is 1.69. The molecule has 1 aliphatic heterocycles. The van der Waals surface area contributed by atoms with Gasteiger partial charge in [0.05, 0.1) is 6.54 Å². The van der Waals surface area contributed by atoms with E-state index in [0.29, 0.717) is 17.4 Å². The number of aliphatic hydroxyl groups excluding tert-OH is 1. The average Bonchev–Trinajstić information content (AvgIpc) is 2.81. The summed E-state index contributed by atoms with van der Waals surface area (Å²) in [4.78, 5) is 1.65. The first kappa shape index (κ1) is 14.9. The second kappa shape index (κ2) is 6.39. The zero-order valence-electron chi connectivity index (χ0n) is 11.5. The van der Waals surface area contributed by atoms with Crippen LogP contribution in [-0.4, -0.2) is 34.1 Å². The zero-order chi connectivity index (χ0) is 14.8. The monoisotopic (exact) mass is 370 g/mol. The van der Waals surface area contributed by atoms with Gasteiger partial charge in [0.15, 0.2) is 6.67 Å². The molecule has 0 saturated carbocycles. The van der Waals surface area contributed by atoms with E-state index in [1.54, 1.807) is 4.68 Å². The van der Waals surface area contributed by atoms with Crippen LogP contribution in [0.5, 0.6) is 0 Å². The molecule has 2 N–H and O–H groups in total. The fourth-order valence-corrected chi connectivity index (χ4v) is 3.04. The third kappa shape index (κ3) is 3.60. The number of likely N-dealkylation sites (tertiary alicyclic amines) is 1. The zero-order valence-corrected chi connectivity index (χ0v) is 13.9. The molecule has 0 amide bonds. The van der Waals surface area contributed by atoms with Crippen molar-refractivity contribution >= 4 is 28.1 Å². The van der Waals surface area contributed by atoms with Gasteiger partial charge in [0.25, 0.3) is 4.84 Å². The summed E-state index contributed by atoms with van der Waals surface area (Å²) in [6.45, 7) is 2.40. The number of benzene rings is 1. The van der Waals surface area contributed by atoms with Crippen molar-refractivity contribution in [3.8, 4) is 11.5 Å². The molecule has 1 unspecified atom stereocenters. The van der Waals surface area contributed by atoms with Gasteiger partial charge in [-0.3, -0.25) is 0 Å². The van der Waals surface area contributed by atoms with Gasteiger partial charge >= 0.3 is 0 Å². The molecule has 0 spiro atoms. The number of aliphatic hydroxyl groups is 1. The number of aromatic nitrogens is 2. The quantitative estimate of drug-likeness (QED) is 0.806. The lowest BCUT2D eigenvalue weighted by Crippen LogP contribution is -3.13. The van der Waals surface area contributed by atoms with Crippen LogP contribution in [0.25, 0.3) is 11.5 Å². The van der Waals surface area contributed by atoms with Crippen molar-refractivity contribution in [1.29, 1.82) is 0 Å². The summed E-state index contributed by atoms with van der Waals surface area (Å²) < 4.78 is 8.30. The highest BCUT2D eigenvalue weighted by atomic mass is 79.9. The van der Waals surface area contributed by atoms with Gasteiger partial charge in [0, 0.05) is 10.0 Å². The predicted octanol–water partition coefficient (Wildman–Crippen LogP) is 1.63. The Morgan fingerprint density at radius 1 is 1.43 bits per heavy atom. The highest BCUT2D eigenvalue weighted by molar-refractivity contribution is 9.10. The van der Waals surface area contributed by atoms with E-state index in [2.05, 4.69) is 21.0 Å². The molecule has 0 bridgehead atoms. The third-order valence-corrected chi connectivity index (χ3v) is 4.49. The molecule has 2 atom stereocenters. The van der Waals surface area contributed by atoms with Crippen LogP contribution < -0.4 is 4.90 Å². The number of hydrogen-bond donors (Lipinski definition) is 2. The molecule has 21 heavy (non-hydrogen) atoms.